The Hall–Kier alpha value is -2.00. The van der Waals surface area contributed by atoms with Crippen LogP contribution in [0.4, 0.5) is 5.69 Å². The van der Waals surface area contributed by atoms with E-state index < -0.39 is 5.97 Å². The van der Waals surface area contributed by atoms with Crippen LogP contribution in [0.2, 0.25) is 5.02 Å². The molecule has 0 heterocycles. The van der Waals surface area contributed by atoms with Gasteiger partial charge < -0.3 is 10.0 Å². The minimum absolute atomic E-state index is 0.0618. The van der Waals surface area contributed by atoms with E-state index in [0.29, 0.717) is 11.6 Å². The van der Waals surface area contributed by atoms with Crippen LogP contribution < -0.4 is 4.90 Å². The molecule has 0 amide bonds. The van der Waals surface area contributed by atoms with E-state index in [9.17, 15) is 4.79 Å². The van der Waals surface area contributed by atoms with E-state index in [1.54, 1.807) is 12.1 Å². The standard InChI is InChI=1S/C17H18ClNO2/c1-12-5-3-6-14(13(12)2)10-19(11-17(20)21)16-8-4-7-15(18)9-16/h3-9H,10-11H2,1-2H3,(H,20,21). The van der Waals surface area contributed by atoms with Gasteiger partial charge in [0, 0.05) is 17.3 Å². The monoisotopic (exact) mass is 303 g/mol. The Kier molecular flexibility index (Phi) is 4.86. The van der Waals surface area contributed by atoms with E-state index in [-0.39, 0.29) is 6.54 Å². The second-order valence-corrected chi connectivity index (χ2v) is 5.53. The second-order valence-electron chi connectivity index (χ2n) is 5.09. The number of nitrogens with zero attached hydrogens (tertiary/aromatic N) is 1. The highest BCUT2D eigenvalue weighted by atomic mass is 35.5. The normalized spacial score (nSPS) is 10.4. The molecule has 110 valence electrons. The number of aryl methyl sites for hydroxylation is 1. The largest absolute Gasteiger partial charge is 0.480 e. The van der Waals surface area contributed by atoms with Crippen molar-refractivity contribution in [3.05, 3.63) is 64.2 Å². The van der Waals surface area contributed by atoms with Crippen molar-refractivity contribution in [1.82, 2.24) is 0 Å². The predicted molar refractivity (Wildman–Crippen MR) is 86.1 cm³/mol. The molecule has 0 spiro atoms. The lowest BCUT2D eigenvalue weighted by atomic mass is 10.0. The molecule has 0 aliphatic rings. The Bertz CT molecular complexity index is 655. The van der Waals surface area contributed by atoms with Gasteiger partial charge in [0.05, 0.1) is 0 Å². The molecule has 0 aliphatic heterocycles. The van der Waals surface area contributed by atoms with Crippen LogP contribution in [0.3, 0.4) is 0 Å². The number of carbonyl (C=O) groups is 1. The van der Waals surface area contributed by atoms with Gasteiger partial charge in [-0.05, 0) is 48.7 Å². The smallest absolute Gasteiger partial charge is 0.323 e. The van der Waals surface area contributed by atoms with Crippen LogP contribution in [-0.2, 0) is 11.3 Å². The Morgan fingerprint density at radius 3 is 2.57 bits per heavy atom. The fraction of sp³-hybridized carbons (Fsp3) is 0.235. The summed E-state index contributed by atoms with van der Waals surface area (Å²) in [6.07, 6.45) is 0. The fourth-order valence-electron chi connectivity index (χ4n) is 2.26. The molecule has 3 nitrogen and oxygen atoms in total. The molecule has 0 unspecified atom stereocenters. The van der Waals surface area contributed by atoms with Crippen LogP contribution in [0.25, 0.3) is 0 Å². The summed E-state index contributed by atoms with van der Waals surface area (Å²) in [5.41, 5.74) is 4.32. The summed E-state index contributed by atoms with van der Waals surface area (Å²) in [4.78, 5) is 13.0. The van der Waals surface area contributed by atoms with Crippen LogP contribution in [-0.4, -0.2) is 17.6 Å². The van der Waals surface area contributed by atoms with Gasteiger partial charge in [0.2, 0.25) is 0 Å². The first-order chi connectivity index (χ1) is 9.97. The van der Waals surface area contributed by atoms with Gasteiger partial charge >= 0.3 is 5.97 Å². The molecule has 0 aliphatic carbocycles. The lowest BCUT2D eigenvalue weighted by Gasteiger charge is -2.24. The first kappa shape index (κ1) is 15.4. The fourth-order valence-corrected chi connectivity index (χ4v) is 2.45. The maximum Gasteiger partial charge on any atom is 0.323 e. The topological polar surface area (TPSA) is 40.5 Å². The summed E-state index contributed by atoms with van der Waals surface area (Å²) >= 11 is 6.01. The average Bonchev–Trinajstić information content (AvgIpc) is 2.42. The number of halogens is 1. The second kappa shape index (κ2) is 6.64. The molecule has 21 heavy (non-hydrogen) atoms. The minimum Gasteiger partial charge on any atom is -0.480 e. The quantitative estimate of drug-likeness (QED) is 0.906. The Balaban J connectivity index is 2.32. The Labute approximate surface area is 129 Å². The maximum atomic E-state index is 11.1. The third kappa shape index (κ3) is 3.99. The number of aliphatic carboxylic acids is 1. The summed E-state index contributed by atoms with van der Waals surface area (Å²) in [7, 11) is 0. The van der Waals surface area contributed by atoms with Crippen molar-refractivity contribution in [2.45, 2.75) is 20.4 Å². The highest BCUT2D eigenvalue weighted by Gasteiger charge is 2.13. The predicted octanol–water partition coefficient (Wildman–Crippen LogP) is 4.05. The first-order valence-corrected chi connectivity index (χ1v) is 7.12. The molecule has 2 aromatic rings. The number of benzene rings is 2. The number of rotatable bonds is 5. The van der Waals surface area contributed by atoms with E-state index in [1.165, 1.54) is 11.1 Å². The van der Waals surface area contributed by atoms with Crippen LogP contribution in [0.15, 0.2) is 42.5 Å². The number of carboxylic acid groups (broad SMARTS) is 1. The highest BCUT2D eigenvalue weighted by Crippen LogP contribution is 2.23. The molecule has 1 N–H and O–H groups in total. The zero-order chi connectivity index (χ0) is 15.4. The number of hydrogen-bond acceptors (Lipinski definition) is 2. The zero-order valence-electron chi connectivity index (χ0n) is 12.1. The van der Waals surface area contributed by atoms with Crippen molar-refractivity contribution in [2.75, 3.05) is 11.4 Å². The zero-order valence-corrected chi connectivity index (χ0v) is 12.9. The third-order valence-electron chi connectivity index (χ3n) is 3.58. The average molecular weight is 304 g/mol. The third-order valence-corrected chi connectivity index (χ3v) is 3.81. The van der Waals surface area contributed by atoms with Gasteiger partial charge in [-0.25, -0.2) is 0 Å². The molecule has 0 radical (unpaired) electrons. The van der Waals surface area contributed by atoms with Crippen molar-refractivity contribution in [2.24, 2.45) is 0 Å². The van der Waals surface area contributed by atoms with Gasteiger partial charge in [-0.2, -0.15) is 0 Å². The minimum atomic E-state index is -0.861. The number of carboxylic acids is 1. The molecule has 2 aromatic carbocycles. The van der Waals surface area contributed by atoms with Gasteiger partial charge in [0.15, 0.2) is 0 Å². The van der Waals surface area contributed by atoms with Crippen molar-refractivity contribution in [3.8, 4) is 0 Å². The SMILES string of the molecule is Cc1cccc(CN(CC(=O)O)c2cccc(Cl)c2)c1C. The van der Waals surface area contributed by atoms with Crippen molar-refractivity contribution >= 4 is 23.3 Å². The number of hydrogen-bond donors (Lipinski definition) is 1. The summed E-state index contributed by atoms with van der Waals surface area (Å²) < 4.78 is 0. The molecular weight excluding hydrogens is 286 g/mol. The molecule has 0 fully saturated rings. The van der Waals surface area contributed by atoms with Crippen molar-refractivity contribution < 1.29 is 9.90 Å². The van der Waals surface area contributed by atoms with Crippen molar-refractivity contribution in [1.29, 1.82) is 0 Å². The summed E-state index contributed by atoms with van der Waals surface area (Å²) in [6.45, 7) is 4.59. The molecule has 0 atom stereocenters. The molecular formula is C17H18ClNO2. The maximum absolute atomic E-state index is 11.1. The Morgan fingerprint density at radius 2 is 1.90 bits per heavy atom. The van der Waals surface area contributed by atoms with Gasteiger partial charge in [-0.1, -0.05) is 35.9 Å². The van der Waals surface area contributed by atoms with Gasteiger partial charge in [0.25, 0.3) is 0 Å². The van der Waals surface area contributed by atoms with E-state index in [1.807, 2.05) is 29.2 Å². The molecule has 0 saturated carbocycles. The Morgan fingerprint density at radius 1 is 1.19 bits per heavy atom. The van der Waals surface area contributed by atoms with E-state index in [0.717, 1.165) is 11.3 Å². The van der Waals surface area contributed by atoms with E-state index in [2.05, 4.69) is 19.9 Å². The molecule has 2 rings (SSSR count). The lowest BCUT2D eigenvalue weighted by molar-refractivity contribution is -0.135. The number of anilines is 1. The lowest BCUT2D eigenvalue weighted by Crippen LogP contribution is -2.29. The summed E-state index contributed by atoms with van der Waals surface area (Å²) in [5.74, 6) is -0.861. The van der Waals surface area contributed by atoms with E-state index in [4.69, 9.17) is 16.7 Å². The van der Waals surface area contributed by atoms with Gasteiger partial charge in [0.1, 0.15) is 6.54 Å². The molecule has 4 heteroatoms. The van der Waals surface area contributed by atoms with Crippen LogP contribution in [0, 0.1) is 13.8 Å². The highest BCUT2D eigenvalue weighted by molar-refractivity contribution is 6.30. The van der Waals surface area contributed by atoms with Crippen LogP contribution in [0.5, 0.6) is 0 Å². The first-order valence-electron chi connectivity index (χ1n) is 6.75. The molecule has 0 aromatic heterocycles. The summed E-state index contributed by atoms with van der Waals surface area (Å²) in [6, 6.07) is 13.4. The van der Waals surface area contributed by atoms with E-state index >= 15 is 0 Å². The van der Waals surface area contributed by atoms with Crippen LogP contribution in [0.1, 0.15) is 16.7 Å². The van der Waals surface area contributed by atoms with Gasteiger partial charge in [-0.3, -0.25) is 4.79 Å². The molecule has 0 bridgehead atoms. The molecule has 0 saturated heterocycles. The van der Waals surface area contributed by atoms with Crippen molar-refractivity contribution in [3.63, 3.8) is 0 Å². The van der Waals surface area contributed by atoms with Gasteiger partial charge in [-0.15, -0.1) is 0 Å². The summed E-state index contributed by atoms with van der Waals surface area (Å²) in [5, 5.41) is 9.74. The van der Waals surface area contributed by atoms with Crippen LogP contribution >= 0.6 is 11.6 Å².